The van der Waals surface area contributed by atoms with Gasteiger partial charge in [0.2, 0.25) is 0 Å². The minimum atomic E-state index is -3.15. The number of likely N-dealkylation sites (tertiary alicyclic amines) is 1. The first kappa shape index (κ1) is 14.7. The van der Waals surface area contributed by atoms with E-state index in [4.69, 9.17) is 4.74 Å². The molecule has 1 N–H and O–H groups in total. The molecule has 0 radical (unpaired) electrons. The number of piperidine rings is 1. The molecule has 2 saturated heterocycles. The second-order valence-electron chi connectivity index (χ2n) is 5.30. The third-order valence-electron chi connectivity index (χ3n) is 3.84. The molecule has 0 amide bonds. The quantitative estimate of drug-likeness (QED) is 0.700. The van der Waals surface area contributed by atoms with Crippen LogP contribution in [0.3, 0.4) is 0 Å². The molecule has 2 aliphatic rings. The number of hydrogen-bond acceptors (Lipinski definition) is 6. The Balaban J connectivity index is 2.00. The van der Waals surface area contributed by atoms with Crippen molar-refractivity contribution in [3.63, 3.8) is 0 Å². The first-order valence-electron chi connectivity index (χ1n) is 6.72. The van der Waals surface area contributed by atoms with Gasteiger partial charge in [0, 0.05) is 6.54 Å². The lowest BCUT2D eigenvalue weighted by Gasteiger charge is -2.36. The average Bonchev–Trinajstić information content (AvgIpc) is 2.63. The zero-order valence-electron chi connectivity index (χ0n) is 11.1. The second-order valence-corrected chi connectivity index (χ2v) is 7.45. The third-order valence-corrected chi connectivity index (χ3v) is 5.53. The van der Waals surface area contributed by atoms with E-state index < -0.39 is 15.9 Å². The standard InChI is InChI=1S/C12H21NO5S/c1-2-18-12(15)9-4-3-5-13(6-9)10-7-19(16,17)8-11(10)14/h9-11,14H,2-8H2,1H3/t9-,10+,11+/m0/s1. The van der Waals surface area contributed by atoms with Gasteiger partial charge in [-0.3, -0.25) is 9.69 Å². The zero-order chi connectivity index (χ0) is 14.0. The molecule has 0 unspecified atom stereocenters. The highest BCUT2D eigenvalue weighted by Gasteiger charge is 2.42. The topological polar surface area (TPSA) is 83.9 Å². The van der Waals surface area contributed by atoms with Gasteiger partial charge in [-0.15, -0.1) is 0 Å². The minimum absolute atomic E-state index is 0.0102. The van der Waals surface area contributed by atoms with Crippen molar-refractivity contribution < 1.29 is 23.1 Å². The molecule has 0 aromatic carbocycles. The van der Waals surface area contributed by atoms with Gasteiger partial charge in [0.1, 0.15) is 0 Å². The summed E-state index contributed by atoms with van der Waals surface area (Å²) in [6.07, 6.45) is 0.753. The van der Waals surface area contributed by atoms with Gasteiger partial charge in [-0.2, -0.15) is 0 Å². The van der Waals surface area contributed by atoms with Crippen LogP contribution in [0.25, 0.3) is 0 Å². The van der Waals surface area contributed by atoms with Gasteiger partial charge in [-0.05, 0) is 26.3 Å². The van der Waals surface area contributed by atoms with Crippen LogP contribution in [0, 0.1) is 5.92 Å². The molecule has 6 nitrogen and oxygen atoms in total. The molecule has 19 heavy (non-hydrogen) atoms. The molecule has 0 aromatic heterocycles. The molecule has 2 heterocycles. The number of esters is 1. The van der Waals surface area contributed by atoms with Crippen LogP contribution in [0.5, 0.6) is 0 Å². The van der Waals surface area contributed by atoms with E-state index in [1.54, 1.807) is 6.92 Å². The van der Waals surface area contributed by atoms with E-state index in [2.05, 4.69) is 0 Å². The van der Waals surface area contributed by atoms with Crippen LogP contribution in [0.15, 0.2) is 0 Å². The summed E-state index contributed by atoms with van der Waals surface area (Å²) >= 11 is 0. The molecule has 110 valence electrons. The highest BCUT2D eigenvalue weighted by atomic mass is 32.2. The Morgan fingerprint density at radius 2 is 2.16 bits per heavy atom. The number of sulfone groups is 1. The maximum Gasteiger partial charge on any atom is 0.310 e. The smallest absolute Gasteiger partial charge is 0.310 e. The molecular formula is C12H21NO5S. The summed E-state index contributed by atoms with van der Waals surface area (Å²) < 4.78 is 28.1. The summed E-state index contributed by atoms with van der Waals surface area (Å²) in [4.78, 5) is 13.7. The largest absolute Gasteiger partial charge is 0.466 e. The van der Waals surface area contributed by atoms with E-state index in [0.29, 0.717) is 13.2 Å². The average molecular weight is 291 g/mol. The van der Waals surface area contributed by atoms with Crippen LogP contribution >= 0.6 is 0 Å². The number of carbonyl (C=O) groups is 1. The van der Waals surface area contributed by atoms with Gasteiger partial charge < -0.3 is 9.84 Å². The lowest BCUT2D eigenvalue weighted by molar-refractivity contribution is -0.150. The van der Waals surface area contributed by atoms with E-state index in [-0.39, 0.29) is 29.4 Å². The molecule has 2 aliphatic heterocycles. The van der Waals surface area contributed by atoms with Crippen molar-refractivity contribution in [2.75, 3.05) is 31.2 Å². The Labute approximate surface area is 113 Å². The Bertz CT molecular complexity index is 435. The molecule has 7 heteroatoms. The number of hydrogen-bond donors (Lipinski definition) is 1. The van der Waals surface area contributed by atoms with Crippen LogP contribution in [0.2, 0.25) is 0 Å². The van der Waals surface area contributed by atoms with Crippen molar-refractivity contribution in [1.82, 2.24) is 4.90 Å². The van der Waals surface area contributed by atoms with Crippen molar-refractivity contribution in [1.29, 1.82) is 0 Å². The number of carbonyl (C=O) groups excluding carboxylic acids is 1. The van der Waals surface area contributed by atoms with Crippen LogP contribution in [0.1, 0.15) is 19.8 Å². The summed E-state index contributed by atoms with van der Waals surface area (Å²) in [5, 5.41) is 9.87. The lowest BCUT2D eigenvalue weighted by atomic mass is 9.96. The number of aliphatic hydroxyl groups excluding tert-OH is 1. The number of rotatable bonds is 3. The van der Waals surface area contributed by atoms with Crippen molar-refractivity contribution in [3.05, 3.63) is 0 Å². The fourth-order valence-electron chi connectivity index (χ4n) is 2.92. The molecular weight excluding hydrogens is 270 g/mol. The lowest BCUT2D eigenvalue weighted by Crippen LogP contribution is -2.49. The summed E-state index contributed by atoms with van der Waals surface area (Å²) in [5.74, 6) is -0.603. The maximum absolute atomic E-state index is 11.7. The Morgan fingerprint density at radius 1 is 1.42 bits per heavy atom. The predicted molar refractivity (Wildman–Crippen MR) is 69.4 cm³/mol. The van der Waals surface area contributed by atoms with Crippen LogP contribution in [-0.2, 0) is 19.4 Å². The monoisotopic (exact) mass is 291 g/mol. The summed E-state index contributed by atoms with van der Waals surface area (Å²) in [6, 6.07) is -0.373. The molecule has 0 saturated carbocycles. The summed E-state index contributed by atoms with van der Waals surface area (Å²) in [5.41, 5.74) is 0. The van der Waals surface area contributed by atoms with E-state index in [1.165, 1.54) is 0 Å². The van der Waals surface area contributed by atoms with Crippen molar-refractivity contribution in [2.45, 2.75) is 31.9 Å². The molecule has 3 atom stereocenters. The van der Waals surface area contributed by atoms with Gasteiger partial charge >= 0.3 is 5.97 Å². The van der Waals surface area contributed by atoms with Crippen LogP contribution < -0.4 is 0 Å². The van der Waals surface area contributed by atoms with Gasteiger partial charge in [-0.25, -0.2) is 8.42 Å². The zero-order valence-corrected chi connectivity index (χ0v) is 11.9. The van der Waals surface area contributed by atoms with Crippen molar-refractivity contribution in [2.24, 2.45) is 5.92 Å². The van der Waals surface area contributed by atoms with E-state index in [1.807, 2.05) is 4.90 Å². The summed E-state index contributed by atoms with van der Waals surface area (Å²) in [7, 11) is -3.15. The molecule has 2 fully saturated rings. The predicted octanol–water partition coefficient (Wildman–Crippen LogP) is -0.581. The maximum atomic E-state index is 11.7. The van der Waals surface area contributed by atoms with E-state index >= 15 is 0 Å². The molecule has 0 aromatic rings. The van der Waals surface area contributed by atoms with Gasteiger partial charge in [0.15, 0.2) is 9.84 Å². The fraction of sp³-hybridized carbons (Fsp3) is 0.917. The highest BCUT2D eigenvalue weighted by molar-refractivity contribution is 7.91. The van der Waals surface area contributed by atoms with Gasteiger partial charge in [-0.1, -0.05) is 0 Å². The van der Waals surface area contributed by atoms with Crippen LogP contribution in [0.4, 0.5) is 0 Å². The number of aliphatic hydroxyl groups is 1. The van der Waals surface area contributed by atoms with Gasteiger partial charge in [0.25, 0.3) is 0 Å². The van der Waals surface area contributed by atoms with Gasteiger partial charge in [0.05, 0.1) is 36.2 Å². The van der Waals surface area contributed by atoms with E-state index in [0.717, 1.165) is 19.4 Å². The molecule has 0 bridgehead atoms. The number of nitrogens with zero attached hydrogens (tertiary/aromatic N) is 1. The minimum Gasteiger partial charge on any atom is -0.466 e. The first-order chi connectivity index (χ1) is 8.93. The first-order valence-corrected chi connectivity index (χ1v) is 8.54. The van der Waals surface area contributed by atoms with E-state index in [9.17, 15) is 18.3 Å². The third kappa shape index (κ3) is 3.46. The molecule has 0 spiro atoms. The Morgan fingerprint density at radius 3 is 2.74 bits per heavy atom. The number of ether oxygens (including phenoxy) is 1. The SMILES string of the molecule is CCOC(=O)[C@H]1CCCN([C@@H]2CS(=O)(=O)C[C@H]2O)C1. The Kier molecular flexibility index (Phi) is 4.47. The normalized spacial score (nSPS) is 35.2. The molecule has 0 aliphatic carbocycles. The fourth-order valence-corrected chi connectivity index (χ4v) is 4.75. The molecule has 2 rings (SSSR count). The van der Waals surface area contributed by atoms with Crippen molar-refractivity contribution >= 4 is 15.8 Å². The highest BCUT2D eigenvalue weighted by Crippen LogP contribution is 2.25. The van der Waals surface area contributed by atoms with Crippen LogP contribution in [-0.4, -0.2) is 67.7 Å². The van der Waals surface area contributed by atoms with Crippen molar-refractivity contribution in [3.8, 4) is 0 Å². The summed E-state index contributed by atoms with van der Waals surface area (Å²) in [6.45, 7) is 3.34. The Hall–Kier alpha value is -0.660. The second kappa shape index (κ2) is 5.76.